The first-order valence-electron chi connectivity index (χ1n) is 3.08. The maximum absolute atomic E-state index is 8.39. The van der Waals surface area contributed by atoms with Crippen LogP contribution in [0.5, 0.6) is 0 Å². The molecule has 0 saturated carbocycles. The van der Waals surface area contributed by atoms with E-state index in [4.69, 9.17) is 22.5 Å². The Kier molecular flexibility index (Phi) is 2.94. The Morgan fingerprint density at radius 3 is 2.83 bits per heavy atom. The summed E-state index contributed by atoms with van der Waals surface area (Å²) >= 11 is 9.02. The van der Waals surface area contributed by atoms with Crippen molar-refractivity contribution in [2.75, 3.05) is 0 Å². The van der Waals surface area contributed by atoms with Crippen LogP contribution in [0.2, 0.25) is 5.02 Å². The van der Waals surface area contributed by atoms with Gasteiger partial charge < -0.3 is 10.9 Å². The molecule has 0 bridgehead atoms. The fourth-order valence-corrected chi connectivity index (χ4v) is 1.32. The van der Waals surface area contributed by atoms with Gasteiger partial charge in [0.15, 0.2) is 5.84 Å². The van der Waals surface area contributed by atoms with Gasteiger partial charge in [-0.15, -0.1) is 0 Å². The van der Waals surface area contributed by atoms with Crippen molar-refractivity contribution in [1.29, 1.82) is 0 Å². The number of nitrogens with zero attached hydrogens (tertiary/aromatic N) is 1. The van der Waals surface area contributed by atoms with Gasteiger partial charge in [-0.25, -0.2) is 0 Å². The van der Waals surface area contributed by atoms with Crippen LogP contribution < -0.4 is 5.73 Å². The molecule has 0 radical (unpaired) electrons. The van der Waals surface area contributed by atoms with Crippen molar-refractivity contribution in [2.24, 2.45) is 10.9 Å². The molecule has 1 aromatic rings. The summed E-state index contributed by atoms with van der Waals surface area (Å²) in [6.45, 7) is 0. The van der Waals surface area contributed by atoms with Crippen LogP contribution >= 0.6 is 27.5 Å². The smallest absolute Gasteiger partial charge is 0.171 e. The minimum atomic E-state index is 0.00120. The fraction of sp³-hybridized carbons (Fsp3) is 0. The van der Waals surface area contributed by atoms with Crippen LogP contribution in [0.1, 0.15) is 5.56 Å². The Labute approximate surface area is 83.0 Å². The molecule has 0 unspecified atom stereocenters. The third kappa shape index (κ3) is 1.89. The Morgan fingerprint density at radius 2 is 2.25 bits per heavy atom. The largest absolute Gasteiger partial charge is 0.409 e. The highest BCUT2D eigenvalue weighted by Crippen LogP contribution is 2.20. The molecule has 1 rings (SSSR count). The van der Waals surface area contributed by atoms with Gasteiger partial charge in [0, 0.05) is 10.0 Å². The number of halogens is 2. The standard InChI is InChI=1S/C7H6BrClN2O/c8-4-1-2-6(9)5(3-4)7(10)11-12/h1-3,12H,(H2,10,11). The Hall–Kier alpha value is -0.740. The Bertz CT molecular complexity index is 327. The molecule has 0 saturated heterocycles. The summed E-state index contributed by atoms with van der Waals surface area (Å²) in [6.07, 6.45) is 0. The first-order chi connectivity index (χ1) is 5.65. The van der Waals surface area contributed by atoms with Crippen LogP contribution in [0.25, 0.3) is 0 Å². The van der Waals surface area contributed by atoms with Crippen LogP contribution in [0, 0.1) is 0 Å². The first kappa shape index (κ1) is 9.35. The highest BCUT2D eigenvalue weighted by Gasteiger charge is 2.04. The number of hydrogen-bond donors (Lipinski definition) is 2. The van der Waals surface area contributed by atoms with Gasteiger partial charge in [-0.3, -0.25) is 0 Å². The molecular weight excluding hydrogens is 243 g/mol. The normalized spacial score (nSPS) is 11.7. The molecule has 0 aliphatic carbocycles. The molecule has 0 fully saturated rings. The van der Waals surface area contributed by atoms with Crippen molar-refractivity contribution >= 4 is 33.4 Å². The molecule has 3 nitrogen and oxygen atoms in total. The number of oxime groups is 1. The van der Waals surface area contributed by atoms with Crippen LogP contribution in [-0.4, -0.2) is 11.0 Å². The molecule has 5 heteroatoms. The van der Waals surface area contributed by atoms with E-state index in [1.165, 1.54) is 0 Å². The van der Waals surface area contributed by atoms with Crippen molar-refractivity contribution in [1.82, 2.24) is 0 Å². The van der Waals surface area contributed by atoms with Gasteiger partial charge in [-0.05, 0) is 18.2 Å². The maximum Gasteiger partial charge on any atom is 0.171 e. The van der Waals surface area contributed by atoms with E-state index in [1.54, 1.807) is 18.2 Å². The molecule has 3 N–H and O–H groups in total. The topological polar surface area (TPSA) is 58.6 Å². The van der Waals surface area contributed by atoms with Crippen LogP contribution in [0.4, 0.5) is 0 Å². The zero-order chi connectivity index (χ0) is 9.14. The van der Waals surface area contributed by atoms with Gasteiger partial charge in [-0.1, -0.05) is 32.7 Å². The van der Waals surface area contributed by atoms with Gasteiger partial charge in [0.1, 0.15) is 0 Å². The molecule has 0 spiro atoms. The third-order valence-electron chi connectivity index (χ3n) is 1.31. The fourth-order valence-electron chi connectivity index (χ4n) is 0.748. The number of benzene rings is 1. The number of rotatable bonds is 1. The van der Waals surface area contributed by atoms with E-state index in [1.807, 2.05) is 0 Å². The van der Waals surface area contributed by atoms with Gasteiger partial charge in [0.05, 0.1) is 5.02 Å². The lowest BCUT2D eigenvalue weighted by atomic mass is 10.2. The maximum atomic E-state index is 8.39. The van der Waals surface area contributed by atoms with E-state index in [0.717, 1.165) is 4.47 Å². The molecular formula is C7H6BrClN2O. The first-order valence-corrected chi connectivity index (χ1v) is 4.25. The SMILES string of the molecule is N/C(=N/O)c1cc(Br)ccc1Cl. The summed E-state index contributed by atoms with van der Waals surface area (Å²) in [5.41, 5.74) is 5.87. The van der Waals surface area contributed by atoms with E-state index < -0.39 is 0 Å². The summed E-state index contributed by atoms with van der Waals surface area (Å²) in [6, 6.07) is 5.12. The molecule has 0 heterocycles. The molecule has 0 amide bonds. The molecule has 0 aliphatic rings. The van der Waals surface area contributed by atoms with Crippen molar-refractivity contribution in [3.63, 3.8) is 0 Å². The summed E-state index contributed by atoms with van der Waals surface area (Å²) < 4.78 is 0.827. The van der Waals surface area contributed by atoms with Gasteiger partial charge in [0.2, 0.25) is 0 Å². The van der Waals surface area contributed by atoms with Crippen molar-refractivity contribution in [3.8, 4) is 0 Å². The van der Waals surface area contributed by atoms with Crippen LogP contribution in [0.3, 0.4) is 0 Å². The second-order valence-corrected chi connectivity index (χ2v) is 3.43. The number of nitrogens with two attached hydrogens (primary N) is 1. The van der Waals surface area contributed by atoms with Crippen molar-refractivity contribution < 1.29 is 5.21 Å². The molecule has 1 aromatic carbocycles. The summed E-state index contributed by atoms with van der Waals surface area (Å²) in [7, 11) is 0. The van der Waals surface area contributed by atoms with Crippen molar-refractivity contribution in [2.45, 2.75) is 0 Å². The van der Waals surface area contributed by atoms with E-state index in [-0.39, 0.29) is 5.84 Å². The van der Waals surface area contributed by atoms with Gasteiger partial charge >= 0.3 is 0 Å². The number of amidine groups is 1. The Morgan fingerprint density at radius 1 is 1.58 bits per heavy atom. The molecule has 0 atom stereocenters. The lowest BCUT2D eigenvalue weighted by Crippen LogP contribution is -2.13. The predicted octanol–water partition coefficient (Wildman–Crippen LogP) is 2.20. The highest BCUT2D eigenvalue weighted by atomic mass is 79.9. The van der Waals surface area contributed by atoms with E-state index in [2.05, 4.69) is 21.1 Å². The lowest BCUT2D eigenvalue weighted by Gasteiger charge is -2.01. The predicted molar refractivity (Wildman–Crippen MR) is 51.7 cm³/mol. The molecule has 12 heavy (non-hydrogen) atoms. The number of hydrogen-bond acceptors (Lipinski definition) is 2. The molecule has 64 valence electrons. The monoisotopic (exact) mass is 248 g/mol. The van der Waals surface area contributed by atoms with Crippen LogP contribution in [0.15, 0.2) is 27.8 Å². The molecule has 0 aromatic heterocycles. The average Bonchev–Trinajstić information content (AvgIpc) is 2.08. The van der Waals surface area contributed by atoms with E-state index >= 15 is 0 Å². The average molecular weight is 249 g/mol. The second-order valence-electron chi connectivity index (χ2n) is 2.11. The summed E-state index contributed by atoms with van der Waals surface area (Å²) in [5, 5.41) is 11.7. The zero-order valence-electron chi connectivity index (χ0n) is 5.96. The third-order valence-corrected chi connectivity index (χ3v) is 2.13. The minimum absolute atomic E-state index is 0.00120. The van der Waals surface area contributed by atoms with Crippen molar-refractivity contribution in [3.05, 3.63) is 33.3 Å². The lowest BCUT2D eigenvalue weighted by molar-refractivity contribution is 0.318. The second kappa shape index (κ2) is 3.78. The minimum Gasteiger partial charge on any atom is -0.409 e. The van der Waals surface area contributed by atoms with Gasteiger partial charge in [0.25, 0.3) is 0 Å². The van der Waals surface area contributed by atoms with Gasteiger partial charge in [-0.2, -0.15) is 0 Å². The zero-order valence-corrected chi connectivity index (χ0v) is 8.30. The summed E-state index contributed by atoms with van der Waals surface area (Å²) in [5.74, 6) is 0.00120. The highest BCUT2D eigenvalue weighted by molar-refractivity contribution is 9.10. The quantitative estimate of drug-likeness (QED) is 0.347. The Balaban J connectivity index is 3.23. The van der Waals surface area contributed by atoms with E-state index in [0.29, 0.717) is 10.6 Å². The summed E-state index contributed by atoms with van der Waals surface area (Å²) in [4.78, 5) is 0. The molecule has 0 aliphatic heterocycles. The van der Waals surface area contributed by atoms with E-state index in [9.17, 15) is 0 Å². The van der Waals surface area contributed by atoms with Crippen LogP contribution in [-0.2, 0) is 0 Å².